The third-order valence-electron chi connectivity index (χ3n) is 4.22. The van der Waals surface area contributed by atoms with Crippen molar-refractivity contribution >= 4 is 23.4 Å². The zero-order valence-corrected chi connectivity index (χ0v) is 17.2. The predicted octanol–water partition coefficient (Wildman–Crippen LogP) is 4.38. The summed E-state index contributed by atoms with van der Waals surface area (Å²) in [7, 11) is 0. The Bertz CT molecular complexity index is 933. The van der Waals surface area contributed by atoms with E-state index in [1.165, 1.54) is 11.8 Å². The average Bonchev–Trinajstić information content (AvgIpc) is 3.28. The normalized spacial score (nSPS) is 12.0. The fraction of sp³-hybridized carbons (Fsp3) is 0.350. The Labute approximate surface area is 168 Å². The number of nitrogens with one attached hydrogen (secondary N) is 1. The smallest absolute Gasteiger partial charge is 0.237 e. The van der Waals surface area contributed by atoms with E-state index in [2.05, 4.69) is 15.5 Å². The lowest BCUT2D eigenvalue weighted by Gasteiger charge is -2.13. The van der Waals surface area contributed by atoms with E-state index in [1.54, 1.807) is 6.26 Å². The number of carbonyl (C=O) groups excluding carboxylic acids is 1. The topological polar surface area (TPSA) is 82.2 Å². The minimum absolute atomic E-state index is 0.0964. The van der Waals surface area contributed by atoms with Gasteiger partial charge in [0, 0.05) is 12.2 Å². The van der Waals surface area contributed by atoms with Gasteiger partial charge in [-0.05, 0) is 58.0 Å². The molecule has 28 heavy (non-hydrogen) atoms. The second-order valence-electron chi connectivity index (χ2n) is 6.15. The van der Waals surface area contributed by atoms with Gasteiger partial charge in [0.25, 0.3) is 0 Å². The maximum atomic E-state index is 12.6. The zero-order valence-electron chi connectivity index (χ0n) is 16.4. The van der Waals surface area contributed by atoms with Crippen LogP contribution in [0.4, 0.5) is 5.69 Å². The van der Waals surface area contributed by atoms with Crippen LogP contribution in [-0.2, 0) is 11.3 Å². The molecule has 7 nitrogen and oxygen atoms in total. The number of hydrogen-bond acceptors (Lipinski definition) is 6. The molecule has 148 valence electrons. The van der Waals surface area contributed by atoms with Crippen molar-refractivity contribution in [2.75, 3.05) is 11.9 Å². The molecule has 0 aliphatic heterocycles. The minimum atomic E-state index is -0.334. The van der Waals surface area contributed by atoms with Crippen molar-refractivity contribution in [2.24, 2.45) is 0 Å². The van der Waals surface area contributed by atoms with Crippen LogP contribution in [-0.4, -0.2) is 32.5 Å². The van der Waals surface area contributed by atoms with E-state index < -0.39 is 0 Å². The first-order valence-corrected chi connectivity index (χ1v) is 10.1. The first kappa shape index (κ1) is 20.0. The van der Waals surface area contributed by atoms with Crippen LogP contribution in [0.2, 0.25) is 0 Å². The largest absolute Gasteiger partial charge is 0.494 e. The monoisotopic (exact) mass is 400 g/mol. The van der Waals surface area contributed by atoms with Gasteiger partial charge >= 0.3 is 0 Å². The molecule has 3 aromatic rings. The number of furan rings is 1. The molecule has 8 heteroatoms. The van der Waals surface area contributed by atoms with Gasteiger partial charge in [0.05, 0.1) is 23.7 Å². The zero-order chi connectivity index (χ0) is 20.1. The van der Waals surface area contributed by atoms with Crippen LogP contribution in [0.15, 0.2) is 46.2 Å². The first-order chi connectivity index (χ1) is 13.5. The van der Waals surface area contributed by atoms with Gasteiger partial charge in [0.15, 0.2) is 11.0 Å². The molecule has 1 amide bonds. The summed E-state index contributed by atoms with van der Waals surface area (Å²) < 4.78 is 12.8. The minimum Gasteiger partial charge on any atom is -0.494 e. The number of aryl methyl sites for hydroxylation is 1. The lowest BCUT2D eigenvalue weighted by molar-refractivity contribution is -0.115. The van der Waals surface area contributed by atoms with Gasteiger partial charge < -0.3 is 19.0 Å². The van der Waals surface area contributed by atoms with E-state index in [9.17, 15) is 4.79 Å². The summed E-state index contributed by atoms with van der Waals surface area (Å²) in [6.45, 7) is 9.01. The van der Waals surface area contributed by atoms with Gasteiger partial charge in [-0.1, -0.05) is 11.8 Å². The quantitative estimate of drug-likeness (QED) is 0.565. The van der Waals surface area contributed by atoms with Gasteiger partial charge in [0.2, 0.25) is 5.91 Å². The second kappa shape index (κ2) is 8.97. The molecule has 0 saturated carbocycles. The third-order valence-corrected chi connectivity index (χ3v) is 5.30. The molecular formula is C20H24N4O3S. The third kappa shape index (κ3) is 4.39. The number of hydrogen-bond donors (Lipinski definition) is 1. The number of anilines is 1. The molecule has 1 atom stereocenters. The molecule has 0 unspecified atom stereocenters. The molecule has 0 fully saturated rings. The van der Waals surface area contributed by atoms with Gasteiger partial charge in [-0.15, -0.1) is 10.2 Å². The van der Waals surface area contributed by atoms with Gasteiger partial charge in [-0.2, -0.15) is 0 Å². The summed E-state index contributed by atoms with van der Waals surface area (Å²) >= 11 is 1.38. The molecule has 0 saturated heterocycles. The number of carbonyl (C=O) groups is 1. The number of nitrogens with zero attached hydrogens (tertiary/aromatic N) is 3. The summed E-state index contributed by atoms with van der Waals surface area (Å²) in [5.74, 6) is 2.22. The average molecular weight is 401 g/mol. The summed E-state index contributed by atoms with van der Waals surface area (Å²) in [5, 5.41) is 11.9. The van der Waals surface area contributed by atoms with E-state index in [0.29, 0.717) is 18.3 Å². The molecule has 0 bridgehead atoms. The van der Waals surface area contributed by atoms with Gasteiger partial charge in [-0.3, -0.25) is 4.79 Å². The summed E-state index contributed by atoms with van der Waals surface area (Å²) in [4.78, 5) is 12.6. The molecule has 0 radical (unpaired) electrons. The number of rotatable bonds is 8. The SMILES string of the molecule is CCOc1ccc(NC(=O)[C@@H](C)Sc2nnc(-c3ccoc3C)n2CC)cc1. The van der Waals surface area contributed by atoms with Crippen LogP contribution < -0.4 is 10.1 Å². The van der Waals surface area contributed by atoms with Gasteiger partial charge in [-0.25, -0.2) is 0 Å². The Morgan fingerprint density at radius 3 is 2.61 bits per heavy atom. The fourth-order valence-corrected chi connectivity index (χ4v) is 3.65. The van der Waals surface area contributed by atoms with Crippen LogP contribution in [0, 0.1) is 6.92 Å². The maximum Gasteiger partial charge on any atom is 0.237 e. The molecule has 1 N–H and O–H groups in total. The summed E-state index contributed by atoms with van der Waals surface area (Å²) in [6.07, 6.45) is 1.64. The second-order valence-corrected chi connectivity index (χ2v) is 7.46. The number of aromatic nitrogens is 3. The number of thioether (sulfide) groups is 1. The first-order valence-electron chi connectivity index (χ1n) is 9.21. The standard InChI is InChI=1S/C20H24N4O3S/c1-5-24-18(17-11-12-27-13(17)3)22-23-20(24)28-14(4)19(25)21-15-7-9-16(10-8-15)26-6-2/h7-12,14H,5-6H2,1-4H3,(H,21,25)/t14-/m1/s1. The van der Waals surface area contributed by atoms with Crippen molar-refractivity contribution in [2.45, 2.75) is 44.6 Å². The Morgan fingerprint density at radius 1 is 1.25 bits per heavy atom. The molecule has 2 heterocycles. The highest BCUT2D eigenvalue weighted by Crippen LogP contribution is 2.29. The van der Waals surface area contributed by atoms with Crippen LogP contribution in [0.5, 0.6) is 5.75 Å². The van der Waals surface area contributed by atoms with Crippen LogP contribution in [0.3, 0.4) is 0 Å². The highest BCUT2D eigenvalue weighted by atomic mass is 32.2. The Hall–Kier alpha value is -2.74. The maximum absolute atomic E-state index is 12.6. The molecule has 2 aromatic heterocycles. The van der Waals surface area contributed by atoms with Gasteiger partial charge in [0.1, 0.15) is 11.5 Å². The van der Waals surface area contributed by atoms with E-state index in [0.717, 1.165) is 28.6 Å². The molecule has 0 aliphatic carbocycles. The Balaban J connectivity index is 1.68. The molecule has 0 aliphatic rings. The highest BCUT2D eigenvalue weighted by molar-refractivity contribution is 8.00. The molecule has 1 aromatic carbocycles. The Morgan fingerprint density at radius 2 is 2.00 bits per heavy atom. The van der Waals surface area contributed by atoms with E-state index in [4.69, 9.17) is 9.15 Å². The van der Waals surface area contributed by atoms with Crippen molar-refractivity contribution in [1.82, 2.24) is 14.8 Å². The van der Waals surface area contributed by atoms with Crippen LogP contribution in [0.25, 0.3) is 11.4 Å². The van der Waals surface area contributed by atoms with Crippen molar-refractivity contribution < 1.29 is 13.9 Å². The van der Waals surface area contributed by atoms with Crippen LogP contribution >= 0.6 is 11.8 Å². The number of amides is 1. The van der Waals surface area contributed by atoms with Crippen molar-refractivity contribution in [3.05, 3.63) is 42.4 Å². The lowest BCUT2D eigenvalue weighted by Crippen LogP contribution is -2.22. The number of benzene rings is 1. The van der Waals surface area contributed by atoms with E-state index in [-0.39, 0.29) is 11.2 Å². The van der Waals surface area contributed by atoms with Crippen molar-refractivity contribution in [3.8, 4) is 17.1 Å². The fourth-order valence-electron chi connectivity index (χ4n) is 2.73. The Kier molecular flexibility index (Phi) is 6.41. The predicted molar refractivity (Wildman–Crippen MR) is 110 cm³/mol. The van der Waals surface area contributed by atoms with Crippen molar-refractivity contribution in [3.63, 3.8) is 0 Å². The summed E-state index contributed by atoms with van der Waals surface area (Å²) in [5.41, 5.74) is 1.64. The van der Waals surface area contributed by atoms with E-state index in [1.807, 2.05) is 62.6 Å². The molecule has 0 spiro atoms. The summed E-state index contributed by atoms with van der Waals surface area (Å²) in [6, 6.07) is 9.21. The lowest BCUT2D eigenvalue weighted by atomic mass is 10.2. The van der Waals surface area contributed by atoms with Crippen molar-refractivity contribution in [1.29, 1.82) is 0 Å². The molecule has 3 rings (SSSR count). The van der Waals surface area contributed by atoms with E-state index >= 15 is 0 Å². The highest BCUT2D eigenvalue weighted by Gasteiger charge is 2.21. The molecular weight excluding hydrogens is 376 g/mol. The number of ether oxygens (including phenoxy) is 1. The van der Waals surface area contributed by atoms with Crippen LogP contribution in [0.1, 0.15) is 26.5 Å².